The van der Waals surface area contributed by atoms with Gasteiger partial charge in [-0.3, -0.25) is 4.79 Å². The maximum absolute atomic E-state index is 11.7. The smallest absolute Gasteiger partial charge is 0.319 e. The maximum atomic E-state index is 11.7. The molecular weight excluding hydrogens is 258 g/mol. The van der Waals surface area contributed by atoms with Gasteiger partial charge in [-0.15, -0.1) is 0 Å². The summed E-state index contributed by atoms with van der Waals surface area (Å²) in [4.78, 5) is 24.5. The largest absolute Gasteiger partial charge is 0.481 e. The molecule has 6 heteroatoms. The Labute approximate surface area is 118 Å². The number of anilines is 1. The third-order valence-corrected chi connectivity index (χ3v) is 2.67. The van der Waals surface area contributed by atoms with E-state index in [9.17, 15) is 9.59 Å². The van der Waals surface area contributed by atoms with Gasteiger partial charge >= 0.3 is 12.0 Å². The molecular formula is C14H21N3O3. The SMILES string of the molecule is CN(C)CCCNC(=O)Nc1ccccc1CC(=O)O. The van der Waals surface area contributed by atoms with Crippen molar-refractivity contribution < 1.29 is 14.7 Å². The standard InChI is InChI=1S/C14H21N3O3/c1-17(2)9-5-8-15-14(20)16-12-7-4-3-6-11(12)10-13(18)19/h3-4,6-7H,5,8-10H2,1-2H3,(H,18,19)(H2,15,16,20). The van der Waals surface area contributed by atoms with E-state index in [0.29, 0.717) is 17.8 Å². The van der Waals surface area contributed by atoms with Crippen molar-refractivity contribution in [1.82, 2.24) is 10.2 Å². The third-order valence-electron chi connectivity index (χ3n) is 2.67. The zero-order chi connectivity index (χ0) is 15.0. The Bertz CT molecular complexity index is 461. The molecule has 0 aliphatic heterocycles. The summed E-state index contributed by atoms with van der Waals surface area (Å²) in [5, 5.41) is 14.2. The number of urea groups is 1. The fourth-order valence-corrected chi connectivity index (χ4v) is 1.72. The van der Waals surface area contributed by atoms with Gasteiger partial charge in [0.25, 0.3) is 0 Å². The molecule has 0 bridgehead atoms. The van der Waals surface area contributed by atoms with Crippen LogP contribution in [0.4, 0.5) is 10.5 Å². The van der Waals surface area contributed by atoms with Gasteiger partial charge in [0.15, 0.2) is 0 Å². The Morgan fingerprint density at radius 2 is 1.95 bits per heavy atom. The molecule has 0 radical (unpaired) electrons. The molecule has 1 aromatic rings. The van der Waals surface area contributed by atoms with Crippen LogP contribution in [-0.4, -0.2) is 49.2 Å². The Hall–Kier alpha value is -2.08. The van der Waals surface area contributed by atoms with Crippen LogP contribution in [0.15, 0.2) is 24.3 Å². The number of carboxylic acids is 1. The van der Waals surface area contributed by atoms with Crippen LogP contribution in [-0.2, 0) is 11.2 Å². The normalized spacial score (nSPS) is 10.3. The summed E-state index contributed by atoms with van der Waals surface area (Å²) in [5.41, 5.74) is 1.11. The van der Waals surface area contributed by atoms with Crippen LogP contribution in [0.1, 0.15) is 12.0 Å². The molecule has 0 heterocycles. The van der Waals surface area contributed by atoms with Crippen LogP contribution in [0.5, 0.6) is 0 Å². The van der Waals surface area contributed by atoms with Gasteiger partial charge in [-0.1, -0.05) is 18.2 Å². The van der Waals surface area contributed by atoms with Gasteiger partial charge in [-0.2, -0.15) is 0 Å². The van der Waals surface area contributed by atoms with Crippen LogP contribution >= 0.6 is 0 Å². The van der Waals surface area contributed by atoms with Gasteiger partial charge in [-0.05, 0) is 38.7 Å². The molecule has 0 saturated carbocycles. The molecule has 0 spiro atoms. The van der Waals surface area contributed by atoms with Gasteiger partial charge in [0.2, 0.25) is 0 Å². The summed E-state index contributed by atoms with van der Waals surface area (Å²) >= 11 is 0. The van der Waals surface area contributed by atoms with E-state index >= 15 is 0 Å². The Balaban J connectivity index is 2.47. The number of hydrogen-bond acceptors (Lipinski definition) is 3. The molecule has 0 atom stereocenters. The lowest BCUT2D eigenvalue weighted by molar-refractivity contribution is -0.136. The van der Waals surface area contributed by atoms with Crippen LogP contribution in [0, 0.1) is 0 Å². The van der Waals surface area contributed by atoms with E-state index < -0.39 is 5.97 Å². The van der Waals surface area contributed by atoms with E-state index in [-0.39, 0.29) is 12.5 Å². The second kappa shape index (κ2) is 8.16. The average Bonchev–Trinajstić information content (AvgIpc) is 2.36. The summed E-state index contributed by atoms with van der Waals surface area (Å²) in [6.07, 6.45) is 0.744. The van der Waals surface area contributed by atoms with Crippen LogP contribution in [0.25, 0.3) is 0 Å². The van der Waals surface area contributed by atoms with Gasteiger partial charge in [0.05, 0.1) is 6.42 Å². The number of nitrogens with one attached hydrogen (secondary N) is 2. The summed E-state index contributed by atoms with van der Waals surface area (Å²) in [7, 11) is 3.95. The number of nitrogens with zero attached hydrogens (tertiary/aromatic N) is 1. The lowest BCUT2D eigenvalue weighted by atomic mass is 10.1. The lowest BCUT2D eigenvalue weighted by Gasteiger charge is -2.12. The number of hydrogen-bond donors (Lipinski definition) is 3. The minimum atomic E-state index is -0.925. The first-order valence-corrected chi connectivity index (χ1v) is 6.48. The number of benzene rings is 1. The molecule has 0 aliphatic rings. The monoisotopic (exact) mass is 279 g/mol. The van der Waals surface area contributed by atoms with Crippen LogP contribution in [0.3, 0.4) is 0 Å². The van der Waals surface area contributed by atoms with Crippen molar-refractivity contribution in [3.63, 3.8) is 0 Å². The van der Waals surface area contributed by atoms with E-state index in [1.807, 2.05) is 19.0 Å². The van der Waals surface area contributed by atoms with Crippen molar-refractivity contribution in [2.24, 2.45) is 0 Å². The minimum Gasteiger partial charge on any atom is -0.481 e. The predicted molar refractivity (Wildman–Crippen MR) is 78.0 cm³/mol. The van der Waals surface area contributed by atoms with Gasteiger partial charge in [0, 0.05) is 12.2 Å². The van der Waals surface area contributed by atoms with Gasteiger partial charge in [0.1, 0.15) is 0 Å². The fraction of sp³-hybridized carbons (Fsp3) is 0.429. The molecule has 0 unspecified atom stereocenters. The molecule has 2 amide bonds. The number of amides is 2. The molecule has 1 rings (SSSR count). The lowest BCUT2D eigenvalue weighted by Crippen LogP contribution is -2.31. The highest BCUT2D eigenvalue weighted by atomic mass is 16.4. The first-order valence-electron chi connectivity index (χ1n) is 6.48. The minimum absolute atomic E-state index is 0.114. The average molecular weight is 279 g/mol. The molecule has 0 saturated heterocycles. The molecule has 1 aromatic carbocycles. The van der Waals surface area contributed by atoms with Crippen molar-refractivity contribution in [2.75, 3.05) is 32.5 Å². The van der Waals surface area contributed by atoms with E-state index in [4.69, 9.17) is 5.11 Å². The zero-order valence-electron chi connectivity index (χ0n) is 11.8. The molecule has 110 valence electrons. The number of aliphatic carboxylic acids is 1. The predicted octanol–water partition coefficient (Wildman–Crippen LogP) is 1.39. The number of rotatable bonds is 7. The van der Waals surface area contributed by atoms with Crippen molar-refractivity contribution in [1.29, 1.82) is 0 Å². The topological polar surface area (TPSA) is 81.7 Å². The van der Waals surface area contributed by atoms with Crippen LogP contribution < -0.4 is 10.6 Å². The quantitative estimate of drug-likeness (QED) is 0.659. The van der Waals surface area contributed by atoms with E-state index in [1.165, 1.54) is 0 Å². The number of carbonyl (C=O) groups is 2. The second-order valence-electron chi connectivity index (χ2n) is 4.77. The Kier molecular flexibility index (Phi) is 6.52. The van der Waals surface area contributed by atoms with Gasteiger partial charge in [-0.25, -0.2) is 4.79 Å². The summed E-state index contributed by atoms with van der Waals surface area (Å²) in [6, 6.07) is 6.57. The molecule has 3 N–H and O–H groups in total. The second-order valence-corrected chi connectivity index (χ2v) is 4.77. The van der Waals surface area contributed by atoms with Crippen molar-refractivity contribution in [3.05, 3.63) is 29.8 Å². The summed E-state index contributed by atoms with van der Waals surface area (Å²) in [5.74, 6) is -0.925. The molecule has 20 heavy (non-hydrogen) atoms. The molecule has 6 nitrogen and oxygen atoms in total. The highest BCUT2D eigenvalue weighted by molar-refractivity contribution is 5.90. The Morgan fingerprint density at radius 1 is 1.25 bits per heavy atom. The molecule has 0 aliphatic carbocycles. The van der Waals surface area contributed by atoms with E-state index in [2.05, 4.69) is 10.6 Å². The van der Waals surface area contributed by atoms with Gasteiger partial charge < -0.3 is 20.6 Å². The van der Waals surface area contributed by atoms with Crippen LogP contribution in [0.2, 0.25) is 0 Å². The first-order chi connectivity index (χ1) is 9.49. The zero-order valence-corrected chi connectivity index (χ0v) is 11.8. The molecule has 0 aromatic heterocycles. The summed E-state index contributed by atoms with van der Waals surface area (Å²) < 4.78 is 0. The maximum Gasteiger partial charge on any atom is 0.319 e. The van der Waals surface area contributed by atoms with E-state index in [1.54, 1.807) is 24.3 Å². The number of carbonyl (C=O) groups excluding carboxylic acids is 1. The number of carboxylic acid groups (broad SMARTS) is 1. The highest BCUT2D eigenvalue weighted by Crippen LogP contribution is 2.15. The van der Waals surface area contributed by atoms with Crippen molar-refractivity contribution >= 4 is 17.7 Å². The fourth-order valence-electron chi connectivity index (χ4n) is 1.72. The molecule has 0 fully saturated rings. The summed E-state index contributed by atoms with van der Waals surface area (Å²) in [6.45, 7) is 1.47. The first kappa shape index (κ1) is 16.0. The third kappa shape index (κ3) is 6.19. The van der Waals surface area contributed by atoms with Crippen molar-refractivity contribution in [2.45, 2.75) is 12.8 Å². The van der Waals surface area contributed by atoms with E-state index in [0.717, 1.165) is 13.0 Å². The highest BCUT2D eigenvalue weighted by Gasteiger charge is 2.08. The Morgan fingerprint density at radius 3 is 2.60 bits per heavy atom. The van der Waals surface area contributed by atoms with Crippen molar-refractivity contribution in [3.8, 4) is 0 Å². The number of para-hydroxylation sites is 1.